The van der Waals surface area contributed by atoms with Crippen molar-refractivity contribution in [2.75, 3.05) is 0 Å². The third-order valence-corrected chi connectivity index (χ3v) is 3.83. The van der Waals surface area contributed by atoms with Crippen molar-refractivity contribution in [3.05, 3.63) is 65.2 Å². The summed E-state index contributed by atoms with van der Waals surface area (Å²) in [6, 6.07) is 11.8. The van der Waals surface area contributed by atoms with Gasteiger partial charge in [0.05, 0.1) is 5.56 Å². The van der Waals surface area contributed by atoms with Gasteiger partial charge in [0.1, 0.15) is 5.75 Å². The standard InChI is InChI=1S/C19H19F3O3/c1-12(2)13-7-9-15(10-8-13)25-17(18(23)24)11-14-5-3-4-6-16(14)19(20,21)22/h3-10,12,17H,11H2,1-2H3,(H,23,24)/t17-/m0/s1. The second-order valence-electron chi connectivity index (χ2n) is 6.03. The van der Waals surface area contributed by atoms with Crippen LogP contribution in [0.25, 0.3) is 0 Å². The average molecular weight is 352 g/mol. The van der Waals surface area contributed by atoms with Crippen LogP contribution in [0.15, 0.2) is 48.5 Å². The van der Waals surface area contributed by atoms with E-state index in [1.165, 1.54) is 18.2 Å². The van der Waals surface area contributed by atoms with E-state index in [0.717, 1.165) is 11.6 Å². The molecule has 2 aromatic carbocycles. The van der Waals surface area contributed by atoms with Crippen LogP contribution in [0.1, 0.15) is 36.5 Å². The van der Waals surface area contributed by atoms with E-state index in [1.54, 1.807) is 12.1 Å². The molecule has 0 bridgehead atoms. The van der Waals surface area contributed by atoms with Crippen molar-refractivity contribution in [3.8, 4) is 5.75 Å². The fourth-order valence-corrected chi connectivity index (χ4v) is 2.45. The Kier molecular flexibility index (Phi) is 5.72. The summed E-state index contributed by atoms with van der Waals surface area (Å²) in [6.07, 6.45) is -6.33. The van der Waals surface area contributed by atoms with Crippen LogP contribution in [0.2, 0.25) is 0 Å². The maximum atomic E-state index is 13.1. The minimum Gasteiger partial charge on any atom is -0.478 e. The predicted molar refractivity (Wildman–Crippen MR) is 87.7 cm³/mol. The summed E-state index contributed by atoms with van der Waals surface area (Å²) in [6.45, 7) is 4.04. The Balaban J connectivity index is 2.21. The first-order chi connectivity index (χ1) is 11.7. The molecule has 0 aliphatic rings. The number of hydrogen-bond donors (Lipinski definition) is 1. The zero-order chi connectivity index (χ0) is 18.6. The van der Waals surface area contributed by atoms with Gasteiger partial charge in [-0.2, -0.15) is 13.2 Å². The van der Waals surface area contributed by atoms with Gasteiger partial charge in [-0.05, 0) is 35.2 Å². The van der Waals surface area contributed by atoms with Crippen LogP contribution < -0.4 is 4.74 Å². The molecule has 0 amide bonds. The molecule has 0 saturated carbocycles. The summed E-state index contributed by atoms with van der Waals surface area (Å²) < 4.78 is 44.6. The van der Waals surface area contributed by atoms with Gasteiger partial charge in [0, 0.05) is 6.42 Å². The molecule has 134 valence electrons. The highest BCUT2D eigenvalue weighted by Crippen LogP contribution is 2.32. The number of ether oxygens (including phenoxy) is 1. The molecule has 0 unspecified atom stereocenters. The Bertz CT molecular complexity index is 721. The van der Waals surface area contributed by atoms with Crippen molar-refractivity contribution in [2.24, 2.45) is 0 Å². The summed E-state index contributed by atoms with van der Waals surface area (Å²) in [5, 5.41) is 9.33. The van der Waals surface area contributed by atoms with Crippen molar-refractivity contribution in [1.29, 1.82) is 0 Å². The summed E-state index contributed by atoms with van der Waals surface area (Å²) in [5.41, 5.74) is 0.0999. The lowest BCUT2D eigenvalue weighted by molar-refractivity contribution is -0.146. The fraction of sp³-hybridized carbons (Fsp3) is 0.316. The largest absolute Gasteiger partial charge is 0.478 e. The number of aliphatic carboxylic acids is 1. The summed E-state index contributed by atoms with van der Waals surface area (Å²) in [5.74, 6) is -0.700. The number of carbonyl (C=O) groups is 1. The first kappa shape index (κ1) is 18.8. The van der Waals surface area contributed by atoms with Crippen LogP contribution in [0, 0.1) is 0 Å². The van der Waals surface area contributed by atoms with E-state index >= 15 is 0 Å². The molecule has 0 saturated heterocycles. The maximum absolute atomic E-state index is 13.1. The van der Waals surface area contributed by atoms with Crippen molar-refractivity contribution in [3.63, 3.8) is 0 Å². The van der Waals surface area contributed by atoms with E-state index in [9.17, 15) is 23.1 Å². The predicted octanol–water partition coefficient (Wildman–Crippen LogP) is 4.90. The molecule has 0 radical (unpaired) electrons. The molecule has 1 N–H and O–H groups in total. The molecule has 3 nitrogen and oxygen atoms in total. The van der Waals surface area contributed by atoms with E-state index in [1.807, 2.05) is 26.0 Å². The number of rotatable bonds is 6. The summed E-state index contributed by atoms with van der Waals surface area (Å²) >= 11 is 0. The molecular weight excluding hydrogens is 333 g/mol. The van der Waals surface area contributed by atoms with Crippen LogP contribution >= 0.6 is 0 Å². The number of halogens is 3. The molecule has 0 fully saturated rings. The highest BCUT2D eigenvalue weighted by Gasteiger charge is 2.34. The topological polar surface area (TPSA) is 46.5 Å². The monoisotopic (exact) mass is 352 g/mol. The lowest BCUT2D eigenvalue weighted by Gasteiger charge is -2.18. The Morgan fingerprint density at radius 2 is 1.68 bits per heavy atom. The minimum atomic E-state index is -4.54. The van der Waals surface area contributed by atoms with Gasteiger partial charge >= 0.3 is 12.1 Å². The lowest BCUT2D eigenvalue weighted by Crippen LogP contribution is -2.30. The molecule has 0 spiro atoms. The van der Waals surface area contributed by atoms with E-state index in [-0.39, 0.29) is 12.0 Å². The molecule has 25 heavy (non-hydrogen) atoms. The van der Waals surface area contributed by atoms with Gasteiger partial charge in [0.2, 0.25) is 0 Å². The van der Waals surface area contributed by atoms with E-state index < -0.39 is 23.8 Å². The molecule has 0 aromatic heterocycles. The highest BCUT2D eigenvalue weighted by atomic mass is 19.4. The summed E-state index contributed by atoms with van der Waals surface area (Å²) in [4.78, 5) is 11.4. The highest BCUT2D eigenvalue weighted by molar-refractivity contribution is 5.73. The normalized spacial score (nSPS) is 12.9. The Labute approximate surface area is 144 Å². The van der Waals surface area contributed by atoms with Gasteiger partial charge < -0.3 is 9.84 Å². The molecule has 0 aliphatic carbocycles. The van der Waals surface area contributed by atoms with Gasteiger partial charge in [-0.15, -0.1) is 0 Å². The van der Waals surface area contributed by atoms with Gasteiger partial charge in [-0.25, -0.2) is 4.79 Å². The van der Waals surface area contributed by atoms with Gasteiger partial charge in [0.25, 0.3) is 0 Å². The van der Waals surface area contributed by atoms with Crippen LogP contribution in [0.4, 0.5) is 13.2 Å². The van der Waals surface area contributed by atoms with Crippen molar-refractivity contribution < 1.29 is 27.8 Å². The molecule has 2 rings (SSSR count). The van der Waals surface area contributed by atoms with Gasteiger partial charge in [-0.3, -0.25) is 0 Å². The number of carboxylic acids is 1. The minimum absolute atomic E-state index is 0.110. The van der Waals surface area contributed by atoms with Crippen molar-refractivity contribution in [2.45, 2.75) is 38.5 Å². The molecule has 6 heteroatoms. The molecule has 0 aliphatic heterocycles. The quantitative estimate of drug-likeness (QED) is 0.804. The second kappa shape index (κ2) is 7.59. The first-order valence-electron chi connectivity index (χ1n) is 7.83. The van der Waals surface area contributed by atoms with E-state index in [4.69, 9.17) is 4.74 Å². The van der Waals surface area contributed by atoms with Crippen LogP contribution in [-0.2, 0) is 17.4 Å². The Morgan fingerprint density at radius 3 is 2.20 bits per heavy atom. The van der Waals surface area contributed by atoms with Crippen molar-refractivity contribution >= 4 is 5.97 Å². The van der Waals surface area contributed by atoms with Crippen LogP contribution in [-0.4, -0.2) is 17.2 Å². The summed E-state index contributed by atoms with van der Waals surface area (Å²) in [7, 11) is 0. The second-order valence-corrected chi connectivity index (χ2v) is 6.03. The maximum Gasteiger partial charge on any atom is 0.416 e. The first-order valence-corrected chi connectivity index (χ1v) is 7.83. The molecule has 0 heterocycles. The SMILES string of the molecule is CC(C)c1ccc(O[C@@H](Cc2ccccc2C(F)(F)F)C(=O)O)cc1. The third-order valence-electron chi connectivity index (χ3n) is 3.83. The number of carboxylic acid groups (broad SMARTS) is 1. The van der Waals surface area contributed by atoms with Crippen LogP contribution in [0.5, 0.6) is 5.75 Å². The van der Waals surface area contributed by atoms with Gasteiger partial charge in [0.15, 0.2) is 6.10 Å². The average Bonchev–Trinajstić information content (AvgIpc) is 2.54. The smallest absolute Gasteiger partial charge is 0.416 e. The molecule has 1 atom stereocenters. The zero-order valence-corrected chi connectivity index (χ0v) is 13.9. The molecular formula is C19H19F3O3. The Hall–Kier alpha value is -2.50. The van der Waals surface area contributed by atoms with Crippen molar-refractivity contribution in [1.82, 2.24) is 0 Å². The molecule has 2 aromatic rings. The Morgan fingerprint density at radius 1 is 1.08 bits per heavy atom. The van der Waals surface area contributed by atoms with Crippen LogP contribution in [0.3, 0.4) is 0 Å². The number of alkyl halides is 3. The van der Waals surface area contributed by atoms with E-state index in [0.29, 0.717) is 11.7 Å². The number of hydrogen-bond acceptors (Lipinski definition) is 2. The zero-order valence-electron chi connectivity index (χ0n) is 13.9. The number of benzene rings is 2. The fourth-order valence-electron chi connectivity index (χ4n) is 2.45. The van der Waals surface area contributed by atoms with E-state index in [2.05, 4.69) is 0 Å². The lowest BCUT2D eigenvalue weighted by atomic mass is 10.0. The van der Waals surface area contributed by atoms with Gasteiger partial charge in [-0.1, -0.05) is 44.2 Å². The third kappa shape index (κ3) is 4.98.